The summed E-state index contributed by atoms with van der Waals surface area (Å²) in [6, 6.07) is 1.45. The molecule has 112 valence electrons. The Morgan fingerprint density at radius 3 is 2.50 bits per heavy atom. The van der Waals surface area contributed by atoms with Crippen LogP contribution in [0.1, 0.15) is 32.3 Å². The minimum atomic E-state index is -1.21. The van der Waals surface area contributed by atoms with Crippen molar-refractivity contribution in [1.82, 2.24) is 10.6 Å². The van der Waals surface area contributed by atoms with Gasteiger partial charge in [-0.15, -0.1) is 0 Å². The zero-order valence-electron chi connectivity index (χ0n) is 11.6. The predicted molar refractivity (Wildman–Crippen MR) is 70.5 cm³/mol. The average Bonchev–Trinajstić information content (AvgIpc) is 2.40. The normalized spacial score (nSPS) is 12.2. The minimum absolute atomic E-state index is 0.0336. The van der Waals surface area contributed by atoms with Crippen molar-refractivity contribution in [2.24, 2.45) is 0 Å². The first-order valence-electron chi connectivity index (χ1n) is 6.57. The van der Waals surface area contributed by atoms with Crippen LogP contribution >= 0.6 is 0 Å². The van der Waals surface area contributed by atoms with E-state index in [4.69, 9.17) is 0 Å². The molecular formula is C14H19F3N2O. The molecule has 1 aromatic rings. The molecule has 0 saturated carbocycles. The van der Waals surface area contributed by atoms with Crippen LogP contribution in [0.3, 0.4) is 0 Å². The second-order valence-electron chi connectivity index (χ2n) is 4.66. The van der Waals surface area contributed by atoms with Crippen molar-refractivity contribution in [2.45, 2.75) is 39.3 Å². The molecule has 1 amide bonds. The number of hydrogen-bond donors (Lipinski definition) is 2. The highest BCUT2D eigenvalue weighted by Gasteiger charge is 2.10. The summed E-state index contributed by atoms with van der Waals surface area (Å²) in [5, 5.41) is 5.61. The molecule has 1 aromatic carbocycles. The number of rotatable bonds is 7. The number of carbonyl (C=O) groups excluding carboxylic acids is 1. The molecular weight excluding hydrogens is 269 g/mol. The Hall–Kier alpha value is -1.56. The van der Waals surface area contributed by atoms with Crippen molar-refractivity contribution < 1.29 is 18.0 Å². The van der Waals surface area contributed by atoms with Gasteiger partial charge in [0.2, 0.25) is 5.91 Å². The number of carbonyl (C=O) groups is 1. The number of hydrogen-bond acceptors (Lipinski definition) is 2. The summed E-state index contributed by atoms with van der Waals surface area (Å²) in [7, 11) is 0. The Labute approximate surface area is 116 Å². The molecule has 1 rings (SSSR count). The molecule has 6 heteroatoms. The van der Waals surface area contributed by atoms with E-state index in [0.29, 0.717) is 12.6 Å². The molecule has 0 aliphatic heterocycles. The SMILES string of the molecule is CCC(C)NC(=O)CCNCc1cc(F)c(F)cc1F. The van der Waals surface area contributed by atoms with Crippen LogP contribution in [0.2, 0.25) is 0 Å². The average molecular weight is 288 g/mol. The highest BCUT2D eigenvalue weighted by molar-refractivity contribution is 5.76. The predicted octanol–water partition coefficient (Wildman–Crippen LogP) is 2.50. The standard InChI is InChI=1S/C14H19F3N2O/c1-3-9(2)19-14(20)4-5-18-8-10-6-12(16)13(17)7-11(10)15/h6-7,9,18H,3-5,8H2,1-2H3,(H,19,20). The molecule has 1 atom stereocenters. The molecule has 0 saturated heterocycles. The zero-order valence-corrected chi connectivity index (χ0v) is 11.6. The summed E-state index contributed by atoms with van der Waals surface area (Å²) in [6.07, 6.45) is 1.09. The lowest BCUT2D eigenvalue weighted by Crippen LogP contribution is -2.33. The molecule has 1 unspecified atom stereocenters. The quantitative estimate of drug-likeness (QED) is 0.598. The van der Waals surface area contributed by atoms with Gasteiger partial charge in [-0.3, -0.25) is 4.79 Å². The Kier molecular flexibility index (Phi) is 6.51. The van der Waals surface area contributed by atoms with Crippen LogP contribution < -0.4 is 10.6 Å². The summed E-state index contributed by atoms with van der Waals surface area (Å²) >= 11 is 0. The van der Waals surface area contributed by atoms with E-state index in [1.807, 2.05) is 13.8 Å². The third kappa shape index (κ3) is 5.21. The molecule has 0 heterocycles. The molecule has 20 heavy (non-hydrogen) atoms. The smallest absolute Gasteiger partial charge is 0.221 e. The second-order valence-corrected chi connectivity index (χ2v) is 4.66. The lowest BCUT2D eigenvalue weighted by Gasteiger charge is -2.11. The van der Waals surface area contributed by atoms with E-state index < -0.39 is 17.5 Å². The Bertz CT molecular complexity index is 466. The Morgan fingerprint density at radius 2 is 1.85 bits per heavy atom. The van der Waals surface area contributed by atoms with Crippen molar-refractivity contribution in [3.63, 3.8) is 0 Å². The molecule has 0 bridgehead atoms. The molecule has 0 aliphatic carbocycles. The number of nitrogens with one attached hydrogen (secondary N) is 2. The summed E-state index contributed by atoms with van der Waals surface area (Å²) in [4.78, 5) is 11.5. The van der Waals surface area contributed by atoms with Gasteiger partial charge in [0.1, 0.15) is 5.82 Å². The number of halogens is 3. The van der Waals surface area contributed by atoms with Crippen molar-refractivity contribution in [2.75, 3.05) is 6.54 Å². The third-order valence-corrected chi connectivity index (χ3v) is 2.95. The van der Waals surface area contributed by atoms with Gasteiger partial charge in [0.05, 0.1) is 0 Å². The van der Waals surface area contributed by atoms with Crippen LogP contribution in [0.15, 0.2) is 12.1 Å². The molecule has 0 aromatic heterocycles. The molecule has 0 aliphatic rings. The first kappa shape index (κ1) is 16.5. The fourth-order valence-corrected chi connectivity index (χ4v) is 1.57. The summed E-state index contributed by atoms with van der Waals surface area (Å²) in [5.41, 5.74) is 0.0336. The van der Waals surface area contributed by atoms with Crippen LogP contribution in [0, 0.1) is 17.5 Å². The van der Waals surface area contributed by atoms with Gasteiger partial charge in [0.15, 0.2) is 11.6 Å². The van der Waals surface area contributed by atoms with Gasteiger partial charge < -0.3 is 10.6 Å². The fourth-order valence-electron chi connectivity index (χ4n) is 1.57. The molecule has 2 N–H and O–H groups in total. The first-order valence-corrected chi connectivity index (χ1v) is 6.57. The third-order valence-electron chi connectivity index (χ3n) is 2.95. The first-order chi connectivity index (χ1) is 9.43. The Balaban J connectivity index is 2.35. The van der Waals surface area contributed by atoms with Gasteiger partial charge in [0, 0.05) is 37.2 Å². The van der Waals surface area contributed by atoms with Crippen LogP contribution in [0.25, 0.3) is 0 Å². The van der Waals surface area contributed by atoms with Gasteiger partial charge in [-0.2, -0.15) is 0 Å². The summed E-state index contributed by atoms with van der Waals surface area (Å²) in [6.45, 7) is 4.25. The Morgan fingerprint density at radius 1 is 1.20 bits per heavy atom. The van der Waals surface area contributed by atoms with Crippen molar-refractivity contribution in [3.8, 4) is 0 Å². The van der Waals surface area contributed by atoms with Crippen LogP contribution in [0.5, 0.6) is 0 Å². The zero-order chi connectivity index (χ0) is 15.1. The van der Waals surface area contributed by atoms with E-state index in [1.165, 1.54) is 0 Å². The summed E-state index contributed by atoms with van der Waals surface area (Å²) in [5.74, 6) is -3.20. The van der Waals surface area contributed by atoms with Gasteiger partial charge in [0.25, 0.3) is 0 Å². The van der Waals surface area contributed by atoms with Gasteiger partial charge in [-0.25, -0.2) is 13.2 Å². The topological polar surface area (TPSA) is 41.1 Å². The molecule has 0 fully saturated rings. The maximum absolute atomic E-state index is 13.3. The van der Waals surface area contributed by atoms with Crippen molar-refractivity contribution >= 4 is 5.91 Å². The van der Waals surface area contributed by atoms with E-state index >= 15 is 0 Å². The maximum atomic E-state index is 13.3. The molecule has 3 nitrogen and oxygen atoms in total. The maximum Gasteiger partial charge on any atom is 0.221 e. The number of benzene rings is 1. The molecule has 0 spiro atoms. The lowest BCUT2D eigenvalue weighted by molar-refractivity contribution is -0.121. The van der Waals surface area contributed by atoms with Crippen LogP contribution in [0.4, 0.5) is 13.2 Å². The van der Waals surface area contributed by atoms with E-state index in [-0.39, 0.29) is 30.5 Å². The van der Waals surface area contributed by atoms with E-state index in [0.717, 1.165) is 12.5 Å². The van der Waals surface area contributed by atoms with E-state index in [2.05, 4.69) is 10.6 Å². The molecule has 0 radical (unpaired) electrons. The van der Waals surface area contributed by atoms with Crippen molar-refractivity contribution in [1.29, 1.82) is 0 Å². The monoisotopic (exact) mass is 288 g/mol. The largest absolute Gasteiger partial charge is 0.354 e. The van der Waals surface area contributed by atoms with Gasteiger partial charge in [-0.05, 0) is 19.4 Å². The summed E-state index contributed by atoms with van der Waals surface area (Å²) < 4.78 is 39.0. The van der Waals surface area contributed by atoms with E-state index in [9.17, 15) is 18.0 Å². The lowest BCUT2D eigenvalue weighted by atomic mass is 10.2. The number of amides is 1. The highest BCUT2D eigenvalue weighted by atomic mass is 19.2. The van der Waals surface area contributed by atoms with Crippen LogP contribution in [-0.4, -0.2) is 18.5 Å². The van der Waals surface area contributed by atoms with Crippen LogP contribution in [-0.2, 0) is 11.3 Å². The van der Waals surface area contributed by atoms with E-state index in [1.54, 1.807) is 0 Å². The highest BCUT2D eigenvalue weighted by Crippen LogP contribution is 2.13. The van der Waals surface area contributed by atoms with Crippen molar-refractivity contribution in [3.05, 3.63) is 35.1 Å². The van der Waals surface area contributed by atoms with Gasteiger partial charge in [-0.1, -0.05) is 6.92 Å². The second kappa shape index (κ2) is 7.89. The minimum Gasteiger partial charge on any atom is -0.354 e. The van der Waals surface area contributed by atoms with Gasteiger partial charge >= 0.3 is 0 Å². The fraction of sp³-hybridized carbons (Fsp3) is 0.500.